The summed E-state index contributed by atoms with van der Waals surface area (Å²) in [5.41, 5.74) is 9.02. The molecule has 4 N–H and O–H groups in total. The number of anilines is 1. The number of carbonyl (C=O) groups is 4. The number of benzene rings is 3. The van der Waals surface area contributed by atoms with Crippen molar-refractivity contribution in [3.63, 3.8) is 0 Å². The van der Waals surface area contributed by atoms with Crippen LogP contribution in [0.5, 0.6) is 0 Å². The molecule has 0 bridgehead atoms. The Morgan fingerprint density at radius 2 is 1.47 bits per heavy atom. The first-order valence-electron chi connectivity index (χ1n) is 20.8. The van der Waals surface area contributed by atoms with Crippen molar-refractivity contribution in [1.82, 2.24) is 45.4 Å². The van der Waals surface area contributed by atoms with Crippen LogP contribution in [0.2, 0.25) is 0 Å². The zero-order chi connectivity index (χ0) is 43.3. The second-order valence-electron chi connectivity index (χ2n) is 17.1. The van der Waals surface area contributed by atoms with Crippen molar-refractivity contribution in [1.29, 1.82) is 0 Å². The predicted molar refractivity (Wildman–Crippen MR) is 231 cm³/mol. The summed E-state index contributed by atoms with van der Waals surface area (Å²) in [6, 6.07) is 17.9. The van der Waals surface area contributed by atoms with Crippen LogP contribution >= 0.6 is 0 Å². The predicted octanol–water partition coefficient (Wildman–Crippen LogP) is 6.81. The highest BCUT2D eigenvalue weighted by Gasteiger charge is 2.44. The van der Waals surface area contributed by atoms with Crippen LogP contribution in [0.15, 0.2) is 79.3 Å². The molecule has 16 heteroatoms. The molecule has 3 aromatic carbocycles. The Hall–Kier alpha value is -7.10. The third-order valence-corrected chi connectivity index (χ3v) is 12.1. The van der Waals surface area contributed by atoms with Crippen molar-refractivity contribution in [3.05, 3.63) is 102 Å². The van der Waals surface area contributed by atoms with Crippen LogP contribution in [-0.2, 0) is 31.9 Å². The summed E-state index contributed by atoms with van der Waals surface area (Å²) in [6.45, 7) is 6.31. The van der Waals surface area contributed by atoms with Gasteiger partial charge in [-0.3, -0.25) is 19.5 Å². The summed E-state index contributed by atoms with van der Waals surface area (Å²) in [7, 11) is 2.58. The van der Waals surface area contributed by atoms with Gasteiger partial charge in [-0.2, -0.15) is 0 Å². The number of hydrogen-bond acceptors (Lipinski definition) is 10. The van der Waals surface area contributed by atoms with Gasteiger partial charge in [-0.1, -0.05) is 69.3 Å². The second-order valence-corrected chi connectivity index (χ2v) is 17.1. The van der Waals surface area contributed by atoms with E-state index >= 15 is 0 Å². The topological polar surface area (TPSA) is 200 Å². The Morgan fingerprint density at radius 1 is 0.790 bits per heavy atom. The third kappa shape index (κ3) is 7.49. The number of methoxy groups -OCH3 is 2. The van der Waals surface area contributed by atoms with E-state index < -0.39 is 29.7 Å². The summed E-state index contributed by atoms with van der Waals surface area (Å²) in [6.07, 6.45) is 7.35. The van der Waals surface area contributed by atoms with Gasteiger partial charge < -0.3 is 35.0 Å². The molecule has 0 saturated carbocycles. The van der Waals surface area contributed by atoms with E-state index in [0.717, 1.165) is 74.5 Å². The Bertz CT molecular complexity index is 2700. The van der Waals surface area contributed by atoms with Crippen LogP contribution < -0.4 is 15.5 Å². The van der Waals surface area contributed by atoms with E-state index in [2.05, 4.69) is 20.6 Å². The fourth-order valence-corrected chi connectivity index (χ4v) is 8.93. The molecule has 4 amide bonds. The maximum absolute atomic E-state index is 13.9. The number of ether oxygens (including phenoxy) is 2. The van der Waals surface area contributed by atoms with Gasteiger partial charge in [-0.15, -0.1) is 0 Å². The van der Waals surface area contributed by atoms with Gasteiger partial charge in [0.1, 0.15) is 23.7 Å². The molecule has 318 valence electrons. The molecule has 3 aliphatic rings. The normalized spacial score (nSPS) is 18.9. The lowest BCUT2D eigenvalue weighted by atomic mass is 9.85. The van der Waals surface area contributed by atoms with Gasteiger partial charge in [-0.05, 0) is 59.9 Å². The number of imidazole rings is 2. The highest BCUT2D eigenvalue weighted by molar-refractivity contribution is 6.02. The number of aromatic nitrogens is 6. The molecular weight excluding hydrogens is 789 g/mol. The van der Waals surface area contributed by atoms with Crippen molar-refractivity contribution in [2.45, 2.75) is 77.0 Å². The number of aryl methyl sites for hydroxylation is 1. The summed E-state index contributed by atoms with van der Waals surface area (Å²) in [4.78, 5) is 81.7. The second kappa shape index (κ2) is 16.1. The first-order valence-corrected chi connectivity index (χ1v) is 20.8. The van der Waals surface area contributed by atoms with Crippen LogP contribution in [0.3, 0.4) is 0 Å². The third-order valence-electron chi connectivity index (χ3n) is 12.1. The van der Waals surface area contributed by atoms with Crippen molar-refractivity contribution in [3.8, 4) is 33.8 Å². The molecule has 6 aromatic rings. The number of fused-ring (bicyclic) bond motifs is 1. The molecule has 6 heterocycles. The van der Waals surface area contributed by atoms with Gasteiger partial charge in [-0.25, -0.2) is 24.5 Å². The van der Waals surface area contributed by atoms with Crippen LogP contribution in [0.25, 0.3) is 44.8 Å². The number of hydrogen-bond donors (Lipinski definition) is 4. The monoisotopic (exact) mass is 836 g/mol. The van der Waals surface area contributed by atoms with Gasteiger partial charge in [0.2, 0.25) is 11.8 Å². The molecule has 0 spiro atoms. The molecule has 0 unspecified atom stereocenters. The van der Waals surface area contributed by atoms with Crippen LogP contribution in [-0.4, -0.2) is 91.7 Å². The minimum absolute atomic E-state index is 0.169. The maximum atomic E-state index is 13.9. The van der Waals surface area contributed by atoms with Crippen molar-refractivity contribution in [2.75, 3.05) is 25.7 Å². The molecule has 3 aliphatic heterocycles. The van der Waals surface area contributed by atoms with E-state index in [4.69, 9.17) is 29.4 Å². The summed E-state index contributed by atoms with van der Waals surface area (Å²) < 4.78 is 9.62. The highest BCUT2D eigenvalue weighted by Crippen LogP contribution is 2.45. The zero-order valence-corrected chi connectivity index (χ0v) is 35.2. The minimum atomic E-state index is -0.760. The van der Waals surface area contributed by atoms with E-state index in [0.29, 0.717) is 37.5 Å². The van der Waals surface area contributed by atoms with Gasteiger partial charge in [0.25, 0.3) is 0 Å². The number of likely N-dealkylation sites (tertiary alicyclic amines) is 1. The smallest absolute Gasteiger partial charge is 0.407 e. The number of aromatic amines is 2. The van der Waals surface area contributed by atoms with E-state index in [-0.39, 0.29) is 23.9 Å². The van der Waals surface area contributed by atoms with E-state index in [1.807, 2.05) is 81.4 Å². The molecule has 0 aliphatic carbocycles. The fourth-order valence-electron chi connectivity index (χ4n) is 8.93. The average Bonchev–Trinajstić information content (AvgIpc) is 4.11. The number of alkyl carbamates (subject to hydrolysis) is 2. The van der Waals surface area contributed by atoms with Gasteiger partial charge in [0, 0.05) is 24.1 Å². The lowest BCUT2D eigenvalue weighted by molar-refractivity contribution is -0.137. The zero-order valence-electron chi connectivity index (χ0n) is 35.2. The van der Waals surface area contributed by atoms with Crippen molar-refractivity contribution in [2.24, 2.45) is 5.41 Å². The lowest BCUT2D eigenvalue weighted by Gasteiger charge is -2.35. The number of nitrogens with zero attached hydrogens (tertiary/aromatic N) is 6. The van der Waals surface area contributed by atoms with Gasteiger partial charge in [0.15, 0.2) is 0 Å². The first kappa shape index (κ1) is 40.3. The van der Waals surface area contributed by atoms with E-state index in [1.165, 1.54) is 14.2 Å². The largest absolute Gasteiger partial charge is 0.453 e. The van der Waals surface area contributed by atoms with Crippen LogP contribution in [0.1, 0.15) is 74.9 Å². The van der Waals surface area contributed by atoms with Gasteiger partial charge >= 0.3 is 12.2 Å². The number of carbonyl (C=O) groups excluding carboxylic acids is 4. The molecule has 0 radical (unpaired) electrons. The van der Waals surface area contributed by atoms with Crippen LogP contribution in [0.4, 0.5) is 15.3 Å². The number of nitrogens with one attached hydrogen (secondary N) is 4. The number of H-pyrrole nitrogens is 2. The lowest BCUT2D eigenvalue weighted by Crippen LogP contribution is -2.54. The minimum Gasteiger partial charge on any atom is -0.453 e. The maximum Gasteiger partial charge on any atom is 0.407 e. The van der Waals surface area contributed by atoms with E-state index in [1.54, 1.807) is 28.4 Å². The molecule has 1 saturated heterocycles. The Labute approximate surface area is 357 Å². The van der Waals surface area contributed by atoms with Crippen molar-refractivity contribution >= 4 is 40.7 Å². The quantitative estimate of drug-likeness (QED) is 0.126. The van der Waals surface area contributed by atoms with E-state index in [9.17, 15) is 19.2 Å². The standard InChI is InChI=1S/C46H48N10O6/c1-46(2,3)39(54-45(60)62-5)43(58)55-19-7-10-36(55)40-48-24-35(52-40)28-16-17-30-32(20-28)47-22-33(50-30)25-11-13-26(14-12-25)34-23-49-41(51-34)37-21-29-9-6-8-27-15-18-31(53-44(59)61-4)42(57)56(37)38(27)29/h6,8-9,11-14,16-17,20,22-24,31,36-37,39H,7,10,15,18-19,21H2,1-5H3,(H,48,52)(H,49,51)(H,53,59)(H,54,60)/t31-,36-,37-,39+/m0/s1. The number of rotatable bonds is 8. The molecular formula is C46H48N10O6. The molecule has 4 atom stereocenters. The molecule has 16 nitrogen and oxygen atoms in total. The number of para-hydroxylation sites is 1. The van der Waals surface area contributed by atoms with Gasteiger partial charge in [0.05, 0.1) is 78.7 Å². The Kier molecular flexibility index (Phi) is 10.4. The summed E-state index contributed by atoms with van der Waals surface area (Å²) in [5.74, 6) is 1.00. The SMILES string of the molecule is COC(=O)N[C@H]1CCc2cccc3c2N(C1=O)[C@H](c1ncc(-c2ccc(-c4cnc5cc(-c6cnc([C@@H]7CCCN7C(=O)[C@@H](NC(=O)OC)C(C)(C)C)[nH]6)ccc5n4)cc2)[nH]1)C3. The summed E-state index contributed by atoms with van der Waals surface area (Å²) >= 11 is 0. The Morgan fingerprint density at radius 3 is 2.19 bits per heavy atom. The van der Waals surface area contributed by atoms with Crippen LogP contribution in [0, 0.1) is 5.41 Å². The number of amides is 4. The van der Waals surface area contributed by atoms with Crippen molar-refractivity contribution < 1.29 is 28.7 Å². The molecule has 3 aromatic heterocycles. The molecule has 1 fully saturated rings. The fraction of sp³-hybridized carbons (Fsp3) is 0.348. The molecule has 9 rings (SSSR count). The first-order chi connectivity index (χ1) is 29.9. The average molecular weight is 837 g/mol. The summed E-state index contributed by atoms with van der Waals surface area (Å²) in [5, 5.41) is 5.46. The molecule has 62 heavy (non-hydrogen) atoms. The Balaban J connectivity index is 0.896. The highest BCUT2D eigenvalue weighted by atomic mass is 16.5.